The standard InChI is InChI=1S/C15H20F3NO/c1-11(2)12-4-3-5-13(8-12)20-14-6-7-19(9-14)10-15(16,17)18/h3-5,8,11,14H,6-7,9-10H2,1-2H3. The third-order valence-corrected chi connectivity index (χ3v) is 3.46. The molecule has 1 aliphatic heterocycles. The summed E-state index contributed by atoms with van der Waals surface area (Å²) < 4.78 is 42.8. The minimum Gasteiger partial charge on any atom is -0.489 e. The molecule has 0 N–H and O–H groups in total. The highest BCUT2D eigenvalue weighted by Crippen LogP contribution is 2.25. The lowest BCUT2D eigenvalue weighted by Gasteiger charge is -2.18. The van der Waals surface area contributed by atoms with Crippen LogP contribution in [-0.2, 0) is 0 Å². The van der Waals surface area contributed by atoms with Crippen molar-refractivity contribution in [3.63, 3.8) is 0 Å². The van der Waals surface area contributed by atoms with Gasteiger partial charge in [-0.15, -0.1) is 0 Å². The average molecular weight is 287 g/mol. The van der Waals surface area contributed by atoms with Crippen molar-refractivity contribution in [1.29, 1.82) is 0 Å². The molecule has 5 heteroatoms. The molecule has 1 aromatic carbocycles. The van der Waals surface area contributed by atoms with E-state index >= 15 is 0 Å². The van der Waals surface area contributed by atoms with Crippen LogP contribution in [-0.4, -0.2) is 36.8 Å². The summed E-state index contributed by atoms with van der Waals surface area (Å²) in [7, 11) is 0. The van der Waals surface area contributed by atoms with E-state index in [-0.39, 0.29) is 6.10 Å². The fourth-order valence-corrected chi connectivity index (χ4v) is 2.43. The van der Waals surface area contributed by atoms with E-state index in [4.69, 9.17) is 4.74 Å². The van der Waals surface area contributed by atoms with Crippen molar-refractivity contribution >= 4 is 0 Å². The summed E-state index contributed by atoms with van der Waals surface area (Å²) in [5.74, 6) is 1.15. The van der Waals surface area contributed by atoms with Crippen LogP contribution in [0.1, 0.15) is 31.7 Å². The molecule has 1 unspecified atom stereocenters. The predicted octanol–water partition coefficient (Wildman–Crippen LogP) is 3.83. The largest absolute Gasteiger partial charge is 0.489 e. The first-order valence-electron chi connectivity index (χ1n) is 6.89. The number of alkyl halides is 3. The first-order chi connectivity index (χ1) is 9.33. The summed E-state index contributed by atoms with van der Waals surface area (Å²) in [6.07, 6.45) is -3.64. The molecule has 2 rings (SSSR count). The number of hydrogen-bond donors (Lipinski definition) is 0. The number of ether oxygens (including phenoxy) is 1. The van der Waals surface area contributed by atoms with Crippen LogP contribution in [0.25, 0.3) is 0 Å². The van der Waals surface area contributed by atoms with E-state index in [9.17, 15) is 13.2 Å². The Balaban J connectivity index is 1.90. The molecule has 0 saturated carbocycles. The maximum Gasteiger partial charge on any atom is 0.401 e. The van der Waals surface area contributed by atoms with E-state index < -0.39 is 12.7 Å². The van der Waals surface area contributed by atoms with E-state index in [0.29, 0.717) is 25.4 Å². The van der Waals surface area contributed by atoms with Gasteiger partial charge in [0.15, 0.2) is 0 Å². The normalized spacial score (nSPS) is 20.6. The first-order valence-corrected chi connectivity index (χ1v) is 6.89. The molecule has 1 aliphatic rings. The van der Waals surface area contributed by atoms with Gasteiger partial charge in [0.2, 0.25) is 0 Å². The van der Waals surface area contributed by atoms with Gasteiger partial charge in [-0.25, -0.2) is 0 Å². The maximum atomic E-state index is 12.3. The Bertz CT molecular complexity index is 445. The Morgan fingerprint density at radius 2 is 2.10 bits per heavy atom. The molecule has 1 heterocycles. The Morgan fingerprint density at radius 1 is 1.35 bits per heavy atom. The first kappa shape index (κ1) is 15.2. The topological polar surface area (TPSA) is 12.5 Å². The molecule has 0 amide bonds. The van der Waals surface area contributed by atoms with Gasteiger partial charge in [-0.05, 0) is 30.0 Å². The van der Waals surface area contributed by atoms with E-state index in [1.165, 1.54) is 10.5 Å². The third kappa shape index (κ3) is 4.40. The molecule has 0 bridgehead atoms. The highest BCUT2D eigenvalue weighted by atomic mass is 19.4. The Labute approximate surface area is 117 Å². The van der Waals surface area contributed by atoms with Gasteiger partial charge in [0, 0.05) is 13.1 Å². The highest BCUT2D eigenvalue weighted by Gasteiger charge is 2.34. The molecule has 1 fully saturated rings. The van der Waals surface area contributed by atoms with Gasteiger partial charge in [-0.3, -0.25) is 4.90 Å². The fraction of sp³-hybridized carbons (Fsp3) is 0.600. The fourth-order valence-electron chi connectivity index (χ4n) is 2.43. The van der Waals surface area contributed by atoms with E-state index in [1.807, 2.05) is 24.3 Å². The van der Waals surface area contributed by atoms with Gasteiger partial charge in [0.05, 0.1) is 6.54 Å². The van der Waals surface area contributed by atoms with Crippen LogP contribution >= 0.6 is 0 Å². The lowest BCUT2D eigenvalue weighted by atomic mass is 10.0. The molecule has 2 nitrogen and oxygen atoms in total. The number of halogens is 3. The van der Waals surface area contributed by atoms with Crippen molar-refractivity contribution in [2.75, 3.05) is 19.6 Å². The molecule has 0 radical (unpaired) electrons. The SMILES string of the molecule is CC(C)c1cccc(OC2CCN(CC(F)(F)F)C2)c1. The number of nitrogens with zero attached hydrogens (tertiary/aromatic N) is 1. The highest BCUT2D eigenvalue weighted by molar-refractivity contribution is 5.30. The molecule has 0 aliphatic carbocycles. The lowest BCUT2D eigenvalue weighted by molar-refractivity contribution is -0.144. The van der Waals surface area contributed by atoms with Crippen LogP contribution in [0.15, 0.2) is 24.3 Å². The number of hydrogen-bond acceptors (Lipinski definition) is 2. The van der Waals surface area contributed by atoms with Crippen LogP contribution in [0.3, 0.4) is 0 Å². The van der Waals surface area contributed by atoms with Crippen molar-refractivity contribution in [2.24, 2.45) is 0 Å². The molecular formula is C15H20F3NO. The zero-order chi connectivity index (χ0) is 14.8. The molecule has 1 aromatic rings. The Morgan fingerprint density at radius 3 is 2.75 bits per heavy atom. The third-order valence-electron chi connectivity index (χ3n) is 3.46. The second-order valence-electron chi connectivity index (χ2n) is 5.61. The Hall–Kier alpha value is -1.23. The number of rotatable bonds is 4. The second-order valence-corrected chi connectivity index (χ2v) is 5.61. The second kappa shape index (κ2) is 6.04. The number of benzene rings is 1. The van der Waals surface area contributed by atoms with Gasteiger partial charge in [-0.1, -0.05) is 26.0 Å². The zero-order valence-electron chi connectivity index (χ0n) is 11.8. The van der Waals surface area contributed by atoms with Crippen molar-refractivity contribution in [1.82, 2.24) is 4.90 Å². The van der Waals surface area contributed by atoms with E-state index in [2.05, 4.69) is 13.8 Å². The monoisotopic (exact) mass is 287 g/mol. The molecular weight excluding hydrogens is 267 g/mol. The summed E-state index contributed by atoms with van der Waals surface area (Å²) in [5.41, 5.74) is 1.17. The minimum absolute atomic E-state index is 0.153. The molecule has 1 atom stereocenters. The van der Waals surface area contributed by atoms with Crippen LogP contribution < -0.4 is 4.74 Å². The zero-order valence-corrected chi connectivity index (χ0v) is 11.8. The smallest absolute Gasteiger partial charge is 0.401 e. The summed E-state index contributed by atoms with van der Waals surface area (Å²) >= 11 is 0. The van der Waals surface area contributed by atoms with Gasteiger partial charge >= 0.3 is 6.18 Å². The average Bonchev–Trinajstić information content (AvgIpc) is 2.74. The minimum atomic E-state index is -4.13. The van der Waals surface area contributed by atoms with Crippen LogP contribution in [0.2, 0.25) is 0 Å². The van der Waals surface area contributed by atoms with Crippen molar-refractivity contribution in [3.8, 4) is 5.75 Å². The predicted molar refractivity (Wildman–Crippen MR) is 72.1 cm³/mol. The summed E-state index contributed by atoms with van der Waals surface area (Å²) in [6.45, 7) is 4.12. The maximum absolute atomic E-state index is 12.3. The van der Waals surface area contributed by atoms with Crippen molar-refractivity contribution < 1.29 is 17.9 Å². The molecule has 1 saturated heterocycles. The molecule has 0 spiro atoms. The quantitative estimate of drug-likeness (QED) is 0.834. The van der Waals surface area contributed by atoms with Gasteiger partial charge in [0.25, 0.3) is 0 Å². The van der Waals surface area contributed by atoms with Crippen LogP contribution in [0.5, 0.6) is 5.75 Å². The van der Waals surface area contributed by atoms with E-state index in [1.54, 1.807) is 0 Å². The molecule has 112 valence electrons. The summed E-state index contributed by atoms with van der Waals surface area (Å²) in [4.78, 5) is 1.40. The van der Waals surface area contributed by atoms with Crippen LogP contribution in [0, 0.1) is 0 Å². The number of likely N-dealkylation sites (tertiary alicyclic amines) is 1. The summed E-state index contributed by atoms with van der Waals surface area (Å²) in [5, 5.41) is 0. The van der Waals surface area contributed by atoms with Crippen LogP contribution in [0.4, 0.5) is 13.2 Å². The van der Waals surface area contributed by atoms with E-state index in [0.717, 1.165) is 5.75 Å². The molecule has 0 aromatic heterocycles. The lowest BCUT2D eigenvalue weighted by Crippen LogP contribution is -2.33. The van der Waals surface area contributed by atoms with Gasteiger partial charge < -0.3 is 4.74 Å². The van der Waals surface area contributed by atoms with Crippen molar-refractivity contribution in [3.05, 3.63) is 29.8 Å². The van der Waals surface area contributed by atoms with Gasteiger partial charge in [0.1, 0.15) is 11.9 Å². The molecule has 20 heavy (non-hydrogen) atoms. The Kier molecular flexibility index (Phi) is 4.58. The van der Waals surface area contributed by atoms with Crippen molar-refractivity contribution in [2.45, 2.75) is 38.5 Å². The van der Waals surface area contributed by atoms with Gasteiger partial charge in [-0.2, -0.15) is 13.2 Å². The summed E-state index contributed by atoms with van der Waals surface area (Å²) in [6, 6.07) is 7.78.